The van der Waals surface area contributed by atoms with Gasteiger partial charge in [0.25, 0.3) is 0 Å². The zero-order chi connectivity index (χ0) is 31.8. The van der Waals surface area contributed by atoms with Crippen LogP contribution >= 0.6 is 17.2 Å². The Morgan fingerprint density at radius 2 is 1.00 bits per heavy atom. The van der Waals surface area contributed by atoms with Crippen LogP contribution in [0.5, 0.6) is 0 Å². The summed E-state index contributed by atoms with van der Waals surface area (Å²) in [6, 6.07) is 31.6. The molecule has 2 unspecified atom stereocenters. The summed E-state index contributed by atoms with van der Waals surface area (Å²) in [6.07, 6.45) is 9.47. The molecule has 2 aliphatic carbocycles. The molecular weight excluding hydrogens is 786 g/mol. The van der Waals surface area contributed by atoms with Crippen molar-refractivity contribution in [3.05, 3.63) is 129 Å². The van der Waals surface area contributed by atoms with Crippen LogP contribution in [0.4, 0.5) is 22.7 Å². The summed E-state index contributed by atoms with van der Waals surface area (Å²) in [4.78, 5) is 5.08. The van der Waals surface area contributed by atoms with E-state index < -0.39 is 20.3 Å². The first-order chi connectivity index (χ1) is 22.2. The molecule has 0 spiro atoms. The van der Waals surface area contributed by atoms with E-state index in [9.17, 15) is 0 Å². The van der Waals surface area contributed by atoms with Crippen LogP contribution in [0.25, 0.3) is 12.2 Å². The van der Waals surface area contributed by atoms with Gasteiger partial charge in [-0.1, -0.05) is 0 Å². The number of para-hydroxylation sites is 2. The van der Waals surface area contributed by atoms with Crippen LogP contribution in [0, 0.1) is 0 Å². The molecule has 46 heavy (non-hydrogen) atoms. The van der Waals surface area contributed by atoms with Gasteiger partial charge in [0.2, 0.25) is 0 Å². The zero-order valence-electron chi connectivity index (χ0n) is 27.3. The van der Waals surface area contributed by atoms with Crippen molar-refractivity contribution in [1.29, 1.82) is 0 Å². The Morgan fingerprint density at radius 1 is 0.587 bits per heavy atom. The van der Waals surface area contributed by atoms with E-state index in [1.165, 1.54) is 67.3 Å². The second-order valence-electron chi connectivity index (χ2n) is 14.1. The van der Waals surface area contributed by atoms with Gasteiger partial charge in [0.05, 0.1) is 0 Å². The van der Waals surface area contributed by atoms with Gasteiger partial charge >= 0.3 is 285 Å². The van der Waals surface area contributed by atoms with Crippen LogP contribution in [0.3, 0.4) is 0 Å². The monoisotopic (exact) mass is 828 g/mol. The average Bonchev–Trinajstić information content (AvgIpc) is 3.60. The number of hydrogen-bond acceptors (Lipinski definition) is 2. The third-order valence-corrected chi connectivity index (χ3v) is 77.4. The third-order valence-electron chi connectivity index (χ3n) is 11.3. The van der Waals surface area contributed by atoms with Crippen molar-refractivity contribution < 1.29 is 14.8 Å². The molecular formula is C40H42Cl2HfN2Si. The predicted molar refractivity (Wildman–Crippen MR) is 198 cm³/mol. The van der Waals surface area contributed by atoms with Gasteiger partial charge in [-0.05, 0) is 0 Å². The summed E-state index contributed by atoms with van der Waals surface area (Å²) in [7, 11) is 17.1. The van der Waals surface area contributed by atoms with Crippen molar-refractivity contribution in [3.8, 4) is 0 Å². The van der Waals surface area contributed by atoms with E-state index >= 15 is 0 Å². The van der Waals surface area contributed by atoms with E-state index in [4.69, 9.17) is 17.2 Å². The molecule has 0 saturated heterocycles. The first-order valence-electron chi connectivity index (χ1n) is 16.9. The molecule has 2 aliphatic heterocycles. The second-order valence-corrected chi connectivity index (χ2v) is 68.3. The van der Waals surface area contributed by atoms with E-state index in [0.29, 0.717) is 0 Å². The van der Waals surface area contributed by atoms with Crippen molar-refractivity contribution in [3.63, 3.8) is 0 Å². The van der Waals surface area contributed by atoms with E-state index in [1.54, 1.807) is 0 Å². The van der Waals surface area contributed by atoms with Gasteiger partial charge in [-0.15, -0.1) is 0 Å². The third kappa shape index (κ3) is 4.50. The van der Waals surface area contributed by atoms with Crippen LogP contribution in [-0.2, 0) is 27.6 Å². The number of halogens is 2. The fourth-order valence-electron chi connectivity index (χ4n) is 9.26. The molecule has 4 aromatic rings. The average molecular weight is 828 g/mol. The number of anilines is 4. The van der Waals surface area contributed by atoms with E-state index in [2.05, 4.69) is 134 Å². The molecule has 0 aromatic heterocycles. The minimum atomic E-state index is -4.94. The summed E-state index contributed by atoms with van der Waals surface area (Å²) in [6.45, 7) is 11.5. The number of rotatable bonds is 4. The maximum absolute atomic E-state index is 8.55. The van der Waals surface area contributed by atoms with E-state index in [-0.39, 0.29) is 7.35 Å². The maximum atomic E-state index is 8.55. The summed E-state index contributed by atoms with van der Waals surface area (Å²) in [5.74, 6) is 0. The molecule has 8 rings (SSSR count). The zero-order valence-corrected chi connectivity index (χ0v) is 33.4. The molecule has 234 valence electrons. The number of hydrogen-bond donors (Lipinski definition) is 0. The van der Waals surface area contributed by atoms with Gasteiger partial charge in [0.1, 0.15) is 0 Å². The minimum absolute atomic E-state index is 0.0953. The number of nitrogens with zero attached hydrogens (tertiary/aromatic N) is 2. The molecule has 0 saturated carbocycles. The Kier molecular flexibility index (Phi) is 7.64. The van der Waals surface area contributed by atoms with Crippen LogP contribution in [-0.4, -0.2) is 18.6 Å². The molecule has 2 heterocycles. The SMILES string of the molecule is CC1=Cc2c(cccc2N2CCCc3ccccc32)[CH]1[Hf]([Cl])([Cl])([CH]1C(C)=Cc2c1cccc2N1CCCc2ccccc21)=[Si](C)C. The Balaban J connectivity index is 1.28. The number of fused-ring (bicyclic) bond motifs is 4. The Hall–Kier alpha value is -2.37. The van der Waals surface area contributed by atoms with Crippen molar-refractivity contribution in [2.75, 3.05) is 22.9 Å². The van der Waals surface area contributed by atoms with Crippen molar-refractivity contribution >= 4 is 57.6 Å². The summed E-state index contributed by atoms with van der Waals surface area (Å²) in [5, 5.41) is 0. The van der Waals surface area contributed by atoms with Crippen LogP contribution < -0.4 is 9.80 Å². The molecule has 4 aromatic carbocycles. The Bertz CT molecular complexity index is 1910. The van der Waals surface area contributed by atoms with Gasteiger partial charge in [-0.2, -0.15) is 0 Å². The van der Waals surface area contributed by atoms with Crippen molar-refractivity contribution in [1.82, 2.24) is 0 Å². The van der Waals surface area contributed by atoms with Gasteiger partial charge in [0, 0.05) is 0 Å². The van der Waals surface area contributed by atoms with E-state index in [1.807, 2.05) is 0 Å². The molecule has 2 nitrogen and oxygen atoms in total. The Labute approximate surface area is 282 Å². The van der Waals surface area contributed by atoms with Gasteiger partial charge in [-0.3, -0.25) is 0 Å². The number of benzene rings is 4. The summed E-state index contributed by atoms with van der Waals surface area (Å²) in [5.41, 5.74) is 15.1. The number of allylic oxidation sites excluding steroid dienone is 2. The quantitative estimate of drug-likeness (QED) is 0.189. The molecule has 0 bridgehead atoms. The topological polar surface area (TPSA) is 6.48 Å². The predicted octanol–water partition coefficient (Wildman–Crippen LogP) is 11.7. The first kappa shape index (κ1) is 30.9. The molecule has 4 aliphatic rings. The molecule has 0 fully saturated rings. The van der Waals surface area contributed by atoms with Crippen LogP contribution in [0.2, 0.25) is 13.1 Å². The van der Waals surface area contributed by atoms with E-state index in [0.717, 1.165) is 38.8 Å². The fourth-order valence-corrected chi connectivity index (χ4v) is 52.3. The number of aryl methyl sites for hydroxylation is 2. The van der Waals surface area contributed by atoms with Gasteiger partial charge in [0.15, 0.2) is 0 Å². The Morgan fingerprint density at radius 3 is 1.43 bits per heavy atom. The molecule has 6 heteroatoms. The standard InChI is InChI=1S/2C19H18N.C2H6Si.2ClH.Hf/c2*1-14-12-16-7-4-10-19(17(16)13-14)20-11-5-8-15-6-2-3-9-18(15)20;1-3-2;;;/h2*2-4,6-7,9-10,12-13H,5,8,11H2,1H3;1-2H3;2*1H;/q;;;;;+2/p-2. The molecule has 0 amide bonds. The first-order valence-corrected chi connectivity index (χ1v) is 37.8. The second kappa shape index (κ2) is 11.4. The molecule has 2 atom stereocenters. The van der Waals surface area contributed by atoms with Crippen molar-refractivity contribution in [2.24, 2.45) is 0 Å². The van der Waals surface area contributed by atoms with Gasteiger partial charge in [-0.25, -0.2) is 0 Å². The summed E-state index contributed by atoms with van der Waals surface area (Å²) < 4.78 is 0.191. The van der Waals surface area contributed by atoms with Gasteiger partial charge < -0.3 is 0 Å². The summed E-state index contributed by atoms with van der Waals surface area (Å²) >= 11 is -4.94. The van der Waals surface area contributed by atoms with Crippen LogP contribution in [0.15, 0.2) is 96.1 Å². The fraction of sp³-hybridized carbons (Fsp3) is 0.300. The van der Waals surface area contributed by atoms with Crippen molar-refractivity contribution in [2.45, 2.75) is 60.0 Å². The van der Waals surface area contributed by atoms with Crippen LogP contribution in [0.1, 0.15) is 67.4 Å². The molecule has 0 radical (unpaired) electrons. The normalized spacial score (nSPS) is 20.4. The molecule has 0 N–H and O–H groups in total.